The maximum atomic E-state index is 12.0. The van der Waals surface area contributed by atoms with Gasteiger partial charge >= 0.3 is 0 Å². The lowest BCUT2D eigenvalue weighted by atomic mass is 10.1. The molecule has 1 amide bonds. The molecule has 3 N–H and O–H groups in total. The van der Waals surface area contributed by atoms with Crippen LogP contribution in [0.5, 0.6) is 5.75 Å². The molecule has 2 aliphatic heterocycles. The standard InChI is InChI=1S/C23H23ClN4O4S2/c24-20-6-5-19(33-20)22-26-17-12-34(30,31)11-16(17)23(27-22)28-8-7-13-1-4-15(9-18(13)28)32-10-21(29)25-14-2-3-14/h1,4-6,9,14,30-31H,2-3,7-8,10-12H2,(H,25,29). The summed E-state index contributed by atoms with van der Waals surface area (Å²) in [4.78, 5) is 24.5. The number of nitrogens with one attached hydrogen (secondary N) is 1. The van der Waals surface area contributed by atoms with E-state index in [4.69, 9.17) is 21.3 Å². The van der Waals surface area contributed by atoms with Crippen molar-refractivity contribution < 1.29 is 18.6 Å². The molecule has 1 aromatic carbocycles. The molecule has 0 radical (unpaired) electrons. The van der Waals surface area contributed by atoms with Gasteiger partial charge in [-0.25, -0.2) is 9.97 Å². The van der Waals surface area contributed by atoms with Crippen LogP contribution in [-0.4, -0.2) is 44.2 Å². The van der Waals surface area contributed by atoms with E-state index in [1.807, 2.05) is 24.3 Å². The molecule has 3 aliphatic rings. The van der Waals surface area contributed by atoms with E-state index in [1.54, 1.807) is 6.07 Å². The van der Waals surface area contributed by atoms with Gasteiger partial charge in [-0.3, -0.25) is 13.9 Å². The molecule has 0 bridgehead atoms. The number of hydrogen-bond acceptors (Lipinski definition) is 8. The fourth-order valence-corrected chi connectivity index (χ4v) is 6.88. The van der Waals surface area contributed by atoms with Gasteiger partial charge in [0, 0.05) is 29.9 Å². The van der Waals surface area contributed by atoms with Crippen LogP contribution in [-0.2, 0) is 22.7 Å². The van der Waals surface area contributed by atoms with E-state index in [9.17, 15) is 13.9 Å². The number of halogens is 1. The van der Waals surface area contributed by atoms with Crippen LogP contribution in [0.3, 0.4) is 0 Å². The summed E-state index contributed by atoms with van der Waals surface area (Å²) in [6.07, 6.45) is 2.90. The highest BCUT2D eigenvalue weighted by atomic mass is 35.5. The molecule has 34 heavy (non-hydrogen) atoms. The molecule has 0 unspecified atom stereocenters. The van der Waals surface area contributed by atoms with E-state index in [0.717, 1.165) is 41.0 Å². The summed E-state index contributed by atoms with van der Waals surface area (Å²) < 4.78 is 27.3. The molecular weight excluding hydrogens is 496 g/mol. The molecule has 1 fully saturated rings. The Morgan fingerprint density at radius 1 is 1.24 bits per heavy atom. The molecule has 178 valence electrons. The van der Waals surface area contributed by atoms with Gasteiger partial charge in [0.25, 0.3) is 5.91 Å². The normalized spacial score (nSPS) is 19.0. The largest absolute Gasteiger partial charge is 0.484 e. The topological polar surface area (TPSA) is 108 Å². The van der Waals surface area contributed by atoms with Crippen molar-refractivity contribution in [2.24, 2.45) is 0 Å². The summed E-state index contributed by atoms with van der Waals surface area (Å²) in [6, 6.07) is 9.80. The van der Waals surface area contributed by atoms with Crippen molar-refractivity contribution in [3.05, 3.63) is 51.5 Å². The quantitative estimate of drug-likeness (QED) is 0.422. The molecule has 6 rings (SSSR count). The molecule has 3 aromatic rings. The zero-order chi connectivity index (χ0) is 23.4. The molecule has 2 aromatic heterocycles. The number of benzene rings is 1. The van der Waals surface area contributed by atoms with Gasteiger partial charge in [0.2, 0.25) is 0 Å². The lowest BCUT2D eigenvalue weighted by molar-refractivity contribution is -0.123. The molecule has 0 spiro atoms. The number of fused-ring (bicyclic) bond motifs is 2. The van der Waals surface area contributed by atoms with Gasteiger partial charge < -0.3 is 15.0 Å². The van der Waals surface area contributed by atoms with Gasteiger partial charge in [-0.05, 0) is 43.0 Å². The molecule has 1 aliphatic carbocycles. The first kappa shape index (κ1) is 22.1. The number of nitrogens with zero attached hydrogens (tertiary/aromatic N) is 3. The highest BCUT2D eigenvalue weighted by molar-refractivity contribution is 8.23. The second kappa shape index (κ2) is 8.39. The van der Waals surface area contributed by atoms with E-state index in [0.29, 0.717) is 40.0 Å². The summed E-state index contributed by atoms with van der Waals surface area (Å²) in [5.41, 5.74) is 3.53. The third kappa shape index (κ3) is 4.36. The van der Waals surface area contributed by atoms with Gasteiger partial charge in [0.15, 0.2) is 12.4 Å². The van der Waals surface area contributed by atoms with Crippen LogP contribution in [0.25, 0.3) is 10.7 Å². The number of thiophene rings is 1. The minimum Gasteiger partial charge on any atom is -0.484 e. The van der Waals surface area contributed by atoms with Crippen LogP contribution in [0, 0.1) is 0 Å². The van der Waals surface area contributed by atoms with E-state index in [2.05, 4.69) is 15.2 Å². The predicted molar refractivity (Wildman–Crippen MR) is 134 cm³/mol. The van der Waals surface area contributed by atoms with Gasteiger partial charge in [0.1, 0.15) is 11.6 Å². The second-order valence-corrected chi connectivity index (χ2v) is 12.7. The Morgan fingerprint density at radius 2 is 2.09 bits per heavy atom. The summed E-state index contributed by atoms with van der Waals surface area (Å²) in [5.74, 6) is 1.98. The van der Waals surface area contributed by atoms with Crippen molar-refractivity contribution in [3.63, 3.8) is 0 Å². The molecule has 8 nitrogen and oxygen atoms in total. The number of carbonyl (C=O) groups is 1. The van der Waals surface area contributed by atoms with E-state index >= 15 is 0 Å². The van der Waals surface area contributed by atoms with E-state index in [1.165, 1.54) is 11.3 Å². The summed E-state index contributed by atoms with van der Waals surface area (Å²) >= 11 is 7.53. The maximum absolute atomic E-state index is 12.0. The second-order valence-electron chi connectivity index (χ2n) is 8.81. The smallest absolute Gasteiger partial charge is 0.258 e. The van der Waals surface area contributed by atoms with Gasteiger partial charge in [0.05, 0.1) is 26.4 Å². The van der Waals surface area contributed by atoms with Gasteiger partial charge in [-0.15, -0.1) is 11.3 Å². The number of carbonyl (C=O) groups excluding carboxylic acids is 1. The summed E-state index contributed by atoms with van der Waals surface area (Å²) in [5, 5.41) is 2.93. The van der Waals surface area contributed by atoms with Crippen LogP contribution in [0.1, 0.15) is 29.7 Å². The molecular formula is C23H23ClN4O4S2. The molecule has 0 atom stereocenters. The SMILES string of the molecule is O=C(COc1ccc2c(c1)N(c1nc(-c3ccc(Cl)s3)nc3c1CS(O)(O)C3)CC2)NC1CC1. The van der Waals surface area contributed by atoms with Crippen molar-refractivity contribution in [2.45, 2.75) is 36.8 Å². The highest BCUT2D eigenvalue weighted by Crippen LogP contribution is 2.55. The number of anilines is 2. The Bertz CT molecular complexity index is 1290. The Balaban J connectivity index is 1.33. The van der Waals surface area contributed by atoms with Crippen molar-refractivity contribution in [3.8, 4) is 16.5 Å². The molecule has 0 saturated heterocycles. The van der Waals surface area contributed by atoms with Crippen molar-refractivity contribution in [1.29, 1.82) is 0 Å². The zero-order valence-corrected chi connectivity index (χ0v) is 20.5. The fourth-order valence-electron chi connectivity index (χ4n) is 4.37. The Kier molecular flexibility index (Phi) is 5.45. The van der Waals surface area contributed by atoms with Gasteiger partial charge in [-0.2, -0.15) is 10.6 Å². The lowest BCUT2D eigenvalue weighted by Crippen LogP contribution is -2.30. The molecule has 11 heteroatoms. The van der Waals surface area contributed by atoms with Crippen molar-refractivity contribution in [1.82, 2.24) is 15.3 Å². The first-order valence-electron chi connectivity index (χ1n) is 11.1. The summed E-state index contributed by atoms with van der Waals surface area (Å²) in [6.45, 7) is 0.677. The average Bonchev–Trinajstić information content (AvgIpc) is 3.19. The first-order chi connectivity index (χ1) is 16.3. The van der Waals surface area contributed by atoms with Crippen molar-refractivity contribution >= 4 is 50.9 Å². The van der Waals surface area contributed by atoms with Gasteiger partial charge in [-0.1, -0.05) is 17.7 Å². The number of rotatable bonds is 6. The number of hydrogen-bond donors (Lipinski definition) is 3. The van der Waals surface area contributed by atoms with Crippen LogP contribution >= 0.6 is 33.5 Å². The first-order valence-corrected chi connectivity index (χ1v) is 14.1. The number of ether oxygens (including phenoxy) is 1. The maximum Gasteiger partial charge on any atom is 0.258 e. The minimum absolute atomic E-state index is 0.0254. The Morgan fingerprint density at radius 3 is 2.85 bits per heavy atom. The van der Waals surface area contributed by atoms with Crippen LogP contribution in [0.4, 0.5) is 11.5 Å². The fraction of sp³-hybridized carbons (Fsp3) is 0.348. The summed E-state index contributed by atoms with van der Waals surface area (Å²) in [7, 11) is -2.78. The number of amides is 1. The van der Waals surface area contributed by atoms with Crippen LogP contribution in [0.2, 0.25) is 4.34 Å². The third-order valence-electron chi connectivity index (χ3n) is 6.13. The van der Waals surface area contributed by atoms with Crippen LogP contribution in [0.15, 0.2) is 30.3 Å². The Labute approximate surface area is 207 Å². The molecule has 4 heterocycles. The predicted octanol–water partition coefficient (Wildman–Crippen LogP) is 4.97. The zero-order valence-electron chi connectivity index (χ0n) is 18.2. The Hall–Kier alpha value is -2.37. The van der Waals surface area contributed by atoms with E-state index in [-0.39, 0.29) is 24.0 Å². The van der Waals surface area contributed by atoms with E-state index < -0.39 is 10.6 Å². The highest BCUT2D eigenvalue weighted by Gasteiger charge is 2.35. The molecule has 1 saturated carbocycles. The monoisotopic (exact) mass is 518 g/mol. The lowest BCUT2D eigenvalue weighted by Gasteiger charge is -2.25. The third-order valence-corrected chi connectivity index (χ3v) is 8.84. The number of aromatic nitrogens is 2. The van der Waals surface area contributed by atoms with Crippen molar-refractivity contribution in [2.75, 3.05) is 18.1 Å². The van der Waals surface area contributed by atoms with Crippen LogP contribution < -0.4 is 15.0 Å². The average molecular weight is 519 g/mol. The minimum atomic E-state index is -2.78.